The molecule has 0 aromatic carbocycles. The Morgan fingerprint density at radius 1 is 0.765 bits per heavy atom. The average Bonchev–Trinajstić information content (AvgIpc) is 3.53. The Bertz CT molecular complexity index is 1030. The molecule has 295 valence electrons. The predicted octanol–water partition coefficient (Wildman–Crippen LogP) is 1.13. The fraction of sp³-hybridized carbons (Fsp3) is 0.818. The molecular weight excluding hydrogens is 707 g/mol. The molecular formula is C33H62N6O11V. The van der Waals surface area contributed by atoms with E-state index in [0.717, 1.165) is 0 Å². The van der Waals surface area contributed by atoms with Crippen LogP contribution in [-0.2, 0) is 79.2 Å². The van der Waals surface area contributed by atoms with Crippen LogP contribution in [0.15, 0.2) is 16.3 Å². The third kappa shape index (κ3) is 33.4. The fourth-order valence-corrected chi connectivity index (χ4v) is 3.24. The monoisotopic (exact) mass is 769 g/mol. The van der Waals surface area contributed by atoms with Gasteiger partial charge in [-0.05, 0) is 13.8 Å². The van der Waals surface area contributed by atoms with Gasteiger partial charge in [0.2, 0.25) is 0 Å². The number of hydrogen-bond acceptors (Lipinski definition) is 16. The molecule has 3 N–H and O–H groups in total. The van der Waals surface area contributed by atoms with Crippen molar-refractivity contribution in [3.05, 3.63) is 11.9 Å². The molecule has 1 heterocycles. The molecule has 1 radical (unpaired) electrons. The molecule has 1 aromatic rings. The normalized spacial score (nSPS) is 11.8. The van der Waals surface area contributed by atoms with Crippen LogP contribution in [0.3, 0.4) is 0 Å². The molecule has 0 fully saturated rings. The van der Waals surface area contributed by atoms with Crippen molar-refractivity contribution in [2.75, 3.05) is 106 Å². The van der Waals surface area contributed by atoms with E-state index in [1.54, 1.807) is 10.9 Å². The van der Waals surface area contributed by atoms with E-state index in [4.69, 9.17) is 48.8 Å². The number of hydrogen-bond donors (Lipinski definition) is 2. The standard InChI is InChI=1S/C19H35N3O6.C14H27N3O5.V/c1-16(2)19(23)13-18-14-22(21-20-18)15-27-10-9-25-6-5-24-7-8-26-11-12-28-17(3)4;1-12(2)14(19)10-16-9-13(17-15)11-22-8-7-21-6-5-20-4-3-18;/h14,16-17H,5-13,15H2,1-4H3;9,12,18H,3-8,10-11,15H2,1-2H3;/b;16-9?,17-13+;. The van der Waals surface area contributed by atoms with Crippen LogP contribution in [0.1, 0.15) is 47.2 Å². The van der Waals surface area contributed by atoms with Crippen LogP contribution >= 0.6 is 0 Å². The molecule has 0 bridgehead atoms. The SMILES string of the molecule is CC(C)C(=O)CN=C/C(COCCOCCOCCO)=N\N.CC(C)OCCOCCOCCOCCOCn1cc(CC(=O)C(C)C)nn1.[V]. The molecule has 0 aliphatic rings. The first-order valence-corrected chi connectivity index (χ1v) is 17.1. The Morgan fingerprint density at radius 2 is 1.25 bits per heavy atom. The summed E-state index contributed by atoms with van der Waals surface area (Å²) < 4.78 is 44.2. The van der Waals surface area contributed by atoms with Gasteiger partial charge in [-0.25, -0.2) is 4.68 Å². The van der Waals surface area contributed by atoms with Crippen molar-refractivity contribution in [3.63, 3.8) is 0 Å². The van der Waals surface area contributed by atoms with Crippen molar-refractivity contribution in [3.8, 4) is 0 Å². The molecule has 0 unspecified atom stereocenters. The van der Waals surface area contributed by atoms with Crippen molar-refractivity contribution in [1.29, 1.82) is 0 Å². The number of carbonyl (C=O) groups is 2. The molecule has 0 amide bonds. The second-order valence-corrected chi connectivity index (χ2v) is 11.6. The van der Waals surface area contributed by atoms with Gasteiger partial charge in [-0.2, -0.15) is 5.10 Å². The largest absolute Gasteiger partial charge is 0.394 e. The van der Waals surface area contributed by atoms with E-state index in [2.05, 4.69) is 20.4 Å². The van der Waals surface area contributed by atoms with Crippen LogP contribution < -0.4 is 5.84 Å². The van der Waals surface area contributed by atoms with Gasteiger partial charge < -0.3 is 48.8 Å². The number of nitrogens with zero attached hydrogens (tertiary/aromatic N) is 5. The summed E-state index contributed by atoms with van der Waals surface area (Å²) in [4.78, 5) is 27.1. The maximum Gasteiger partial charge on any atom is 0.156 e. The third-order valence-corrected chi connectivity index (χ3v) is 6.13. The van der Waals surface area contributed by atoms with E-state index < -0.39 is 0 Å². The average molecular weight is 770 g/mol. The minimum absolute atomic E-state index is 0. The number of carbonyl (C=O) groups excluding carboxylic acids is 2. The van der Waals surface area contributed by atoms with Crippen LogP contribution in [0.2, 0.25) is 0 Å². The predicted molar refractivity (Wildman–Crippen MR) is 187 cm³/mol. The minimum atomic E-state index is -0.0369. The Kier molecular flexibility index (Phi) is 36.2. The number of Topliss-reactive ketones (excluding diaryl/α,β-unsaturated/α-hetero) is 2. The van der Waals surface area contributed by atoms with Gasteiger partial charge in [-0.3, -0.25) is 14.6 Å². The van der Waals surface area contributed by atoms with Crippen molar-refractivity contribution in [1.82, 2.24) is 15.0 Å². The number of hydrazone groups is 1. The first-order valence-electron chi connectivity index (χ1n) is 17.1. The van der Waals surface area contributed by atoms with Gasteiger partial charge in [0.25, 0.3) is 0 Å². The number of aliphatic imine (C=N–C) groups is 1. The molecule has 18 heteroatoms. The van der Waals surface area contributed by atoms with Crippen molar-refractivity contribution in [2.45, 2.75) is 60.8 Å². The Hall–Kier alpha value is -2.16. The smallest absolute Gasteiger partial charge is 0.156 e. The Balaban J connectivity index is 0. The number of aromatic nitrogens is 3. The fourth-order valence-electron chi connectivity index (χ4n) is 3.24. The number of aliphatic hydroxyl groups excluding tert-OH is 1. The van der Waals surface area contributed by atoms with Crippen molar-refractivity contribution < 1.29 is 71.1 Å². The van der Waals surface area contributed by atoms with Gasteiger partial charge >= 0.3 is 0 Å². The first-order chi connectivity index (χ1) is 24.1. The van der Waals surface area contributed by atoms with E-state index in [1.165, 1.54) is 6.21 Å². The van der Waals surface area contributed by atoms with Crippen LogP contribution in [0.4, 0.5) is 0 Å². The molecule has 51 heavy (non-hydrogen) atoms. The zero-order valence-electron chi connectivity index (χ0n) is 31.4. The maximum absolute atomic E-state index is 11.7. The van der Waals surface area contributed by atoms with Crippen LogP contribution in [0, 0.1) is 11.8 Å². The summed E-state index contributed by atoms with van der Waals surface area (Å²) in [6, 6.07) is 0. The molecule has 0 spiro atoms. The third-order valence-electron chi connectivity index (χ3n) is 6.13. The molecule has 1 rings (SSSR count). The van der Waals surface area contributed by atoms with Gasteiger partial charge in [-0.15, -0.1) is 5.10 Å². The summed E-state index contributed by atoms with van der Waals surface area (Å²) >= 11 is 0. The van der Waals surface area contributed by atoms with Gasteiger partial charge in [0, 0.05) is 36.6 Å². The number of rotatable bonds is 32. The topological polar surface area (TPSA) is 210 Å². The molecule has 0 atom stereocenters. The number of ether oxygens (including phenoxy) is 8. The van der Waals surface area contributed by atoms with Gasteiger partial charge in [0.05, 0.1) is 130 Å². The number of ketones is 2. The van der Waals surface area contributed by atoms with E-state index >= 15 is 0 Å². The van der Waals surface area contributed by atoms with Gasteiger partial charge in [0.1, 0.15) is 18.2 Å². The minimum Gasteiger partial charge on any atom is -0.394 e. The molecule has 0 saturated heterocycles. The number of nitrogens with two attached hydrogens (primary N) is 1. The van der Waals surface area contributed by atoms with E-state index in [-0.39, 0.29) is 74.6 Å². The molecule has 1 aromatic heterocycles. The second-order valence-electron chi connectivity index (χ2n) is 11.6. The molecule has 17 nitrogen and oxygen atoms in total. The summed E-state index contributed by atoms with van der Waals surface area (Å²) in [5.74, 6) is 5.39. The first kappa shape index (κ1) is 51.0. The van der Waals surface area contributed by atoms with Crippen molar-refractivity contribution in [2.24, 2.45) is 27.8 Å². The summed E-state index contributed by atoms with van der Waals surface area (Å²) in [7, 11) is 0. The maximum atomic E-state index is 11.7. The van der Waals surface area contributed by atoms with E-state index in [1.807, 2.05) is 41.5 Å². The Morgan fingerprint density at radius 3 is 1.75 bits per heavy atom. The van der Waals surface area contributed by atoms with Gasteiger partial charge in [0.15, 0.2) is 5.78 Å². The van der Waals surface area contributed by atoms with Crippen LogP contribution in [0.25, 0.3) is 0 Å². The Labute approximate surface area is 315 Å². The zero-order valence-corrected chi connectivity index (χ0v) is 32.8. The van der Waals surface area contributed by atoms with E-state index in [0.29, 0.717) is 104 Å². The quantitative estimate of drug-likeness (QED) is 0.0456. The van der Waals surface area contributed by atoms with Gasteiger partial charge in [-0.1, -0.05) is 32.9 Å². The number of aliphatic hydroxyl groups is 1. The molecule has 0 aliphatic carbocycles. The van der Waals surface area contributed by atoms with Crippen LogP contribution in [-0.4, -0.2) is 155 Å². The van der Waals surface area contributed by atoms with Crippen LogP contribution in [0.5, 0.6) is 0 Å². The summed E-state index contributed by atoms with van der Waals surface area (Å²) in [5.41, 5.74) is 1.12. The molecule has 0 aliphatic heterocycles. The molecule has 0 saturated carbocycles. The van der Waals surface area contributed by atoms with E-state index in [9.17, 15) is 9.59 Å². The second kappa shape index (κ2) is 36.2. The zero-order chi connectivity index (χ0) is 37.2. The summed E-state index contributed by atoms with van der Waals surface area (Å²) in [6.45, 7) is 18.2. The van der Waals surface area contributed by atoms with Crippen molar-refractivity contribution >= 4 is 23.5 Å². The summed E-state index contributed by atoms with van der Waals surface area (Å²) in [5, 5.41) is 20.0. The summed E-state index contributed by atoms with van der Waals surface area (Å²) in [6.07, 6.45) is 3.71.